The van der Waals surface area contributed by atoms with E-state index in [2.05, 4.69) is 5.10 Å². The Bertz CT molecular complexity index is 572. The molecule has 0 atom stereocenters. The summed E-state index contributed by atoms with van der Waals surface area (Å²) < 4.78 is 6.91. The first kappa shape index (κ1) is 11.4. The van der Waals surface area contributed by atoms with Crippen LogP contribution in [0.1, 0.15) is 10.4 Å². The maximum absolute atomic E-state index is 11.8. The van der Waals surface area contributed by atoms with E-state index in [9.17, 15) is 4.79 Å². The second-order valence-electron chi connectivity index (χ2n) is 4.06. The van der Waals surface area contributed by atoms with Gasteiger partial charge < -0.3 is 9.64 Å². The van der Waals surface area contributed by atoms with Crippen molar-refractivity contribution in [3.63, 3.8) is 0 Å². The van der Waals surface area contributed by atoms with E-state index in [0.29, 0.717) is 11.4 Å². The number of ether oxygens (including phenoxy) is 1. The Hall–Kier alpha value is -2.04. The van der Waals surface area contributed by atoms with Crippen molar-refractivity contribution in [3.8, 4) is 5.88 Å². The number of hydrogen-bond acceptors (Lipinski definition) is 3. The molecule has 1 amide bonds. The lowest BCUT2D eigenvalue weighted by Crippen LogP contribution is -2.21. The van der Waals surface area contributed by atoms with Gasteiger partial charge in [-0.15, -0.1) is 0 Å². The number of benzene rings is 1. The number of rotatable bonds is 2. The van der Waals surface area contributed by atoms with Crippen LogP contribution in [0.3, 0.4) is 0 Å². The van der Waals surface area contributed by atoms with Gasteiger partial charge in [0.2, 0.25) is 5.88 Å². The standard InChI is InChI=1S/C12H15N3O2/c1-14(2)11(16)8-5-6-9-10(7-8)13-15(3)12(9)17-4/h5-7H,1-4H3. The number of amides is 1. The molecule has 0 aliphatic carbocycles. The highest BCUT2D eigenvalue weighted by atomic mass is 16.5. The minimum Gasteiger partial charge on any atom is -0.481 e. The Morgan fingerprint density at radius 2 is 2.12 bits per heavy atom. The molecular weight excluding hydrogens is 218 g/mol. The molecular formula is C12H15N3O2. The summed E-state index contributed by atoms with van der Waals surface area (Å²) in [5.41, 5.74) is 1.39. The van der Waals surface area contributed by atoms with Gasteiger partial charge in [-0.25, -0.2) is 4.68 Å². The highest BCUT2D eigenvalue weighted by Crippen LogP contribution is 2.25. The number of aryl methyl sites for hydroxylation is 1. The van der Waals surface area contributed by atoms with Crippen LogP contribution in [0, 0.1) is 0 Å². The zero-order valence-electron chi connectivity index (χ0n) is 10.4. The molecule has 0 unspecified atom stereocenters. The van der Waals surface area contributed by atoms with E-state index < -0.39 is 0 Å². The maximum atomic E-state index is 11.8. The maximum Gasteiger partial charge on any atom is 0.253 e. The highest BCUT2D eigenvalue weighted by molar-refractivity contribution is 5.98. The zero-order chi connectivity index (χ0) is 12.6. The largest absolute Gasteiger partial charge is 0.481 e. The fourth-order valence-electron chi connectivity index (χ4n) is 1.81. The molecule has 0 radical (unpaired) electrons. The summed E-state index contributed by atoms with van der Waals surface area (Å²) in [4.78, 5) is 13.4. The van der Waals surface area contributed by atoms with Crippen molar-refractivity contribution in [3.05, 3.63) is 23.8 Å². The van der Waals surface area contributed by atoms with E-state index in [1.807, 2.05) is 13.1 Å². The van der Waals surface area contributed by atoms with Crippen molar-refractivity contribution in [2.45, 2.75) is 0 Å². The van der Waals surface area contributed by atoms with E-state index in [-0.39, 0.29) is 5.91 Å². The third-order valence-corrected chi connectivity index (χ3v) is 2.63. The summed E-state index contributed by atoms with van der Waals surface area (Å²) in [5.74, 6) is 0.667. The molecule has 0 fully saturated rings. The average molecular weight is 233 g/mol. The first-order valence-electron chi connectivity index (χ1n) is 5.27. The van der Waals surface area contributed by atoms with Gasteiger partial charge in [0, 0.05) is 26.7 Å². The number of methoxy groups -OCH3 is 1. The molecule has 1 aromatic heterocycles. The summed E-state index contributed by atoms with van der Waals surface area (Å²) in [6, 6.07) is 5.42. The number of nitrogens with zero attached hydrogens (tertiary/aromatic N) is 3. The lowest BCUT2D eigenvalue weighted by atomic mass is 10.1. The molecule has 0 N–H and O–H groups in total. The van der Waals surface area contributed by atoms with E-state index in [4.69, 9.17) is 4.74 Å². The summed E-state index contributed by atoms with van der Waals surface area (Å²) >= 11 is 0. The summed E-state index contributed by atoms with van der Waals surface area (Å²) in [6.45, 7) is 0. The number of aromatic nitrogens is 2. The molecule has 5 nitrogen and oxygen atoms in total. The van der Waals surface area contributed by atoms with Crippen molar-refractivity contribution in [2.75, 3.05) is 21.2 Å². The average Bonchev–Trinajstić information content (AvgIpc) is 2.61. The number of carbonyl (C=O) groups is 1. The first-order chi connectivity index (χ1) is 8.04. The quantitative estimate of drug-likeness (QED) is 0.785. The lowest BCUT2D eigenvalue weighted by molar-refractivity contribution is 0.0828. The molecule has 1 aromatic carbocycles. The Labute approximate surface area is 99.6 Å². The van der Waals surface area contributed by atoms with Crippen molar-refractivity contribution in [2.24, 2.45) is 7.05 Å². The van der Waals surface area contributed by atoms with Gasteiger partial charge in [-0.2, -0.15) is 5.10 Å². The van der Waals surface area contributed by atoms with Gasteiger partial charge in [-0.05, 0) is 18.2 Å². The minimum atomic E-state index is -0.0310. The molecule has 0 spiro atoms. The summed E-state index contributed by atoms with van der Waals surface area (Å²) in [6.07, 6.45) is 0. The van der Waals surface area contributed by atoms with Gasteiger partial charge >= 0.3 is 0 Å². The Balaban J connectivity index is 2.56. The van der Waals surface area contributed by atoms with Crippen LogP contribution in [0.15, 0.2) is 18.2 Å². The topological polar surface area (TPSA) is 47.4 Å². The minimum absolute atomic E-state index is 0.0310. The fourth-order valence-corrected chi connectivity index (χ4v) is 1.81. The molecule has 0 aliphatic heterocycles. The van der Waals surface area contributed by atoms with Crippen molar-refractivity contribution < 1.29 is 9.53 Å². The first-order valence-corrected chi connectivity index (χ1v) is 5.27. The van der Waals surface area contributed by atoms with Crippen molar-refractivity contribution in [1.29, 1.82) is 0 Å². The van der Waals surface area contributed by atoms with E-state index in [1.54, 1.807) is 42.9 Å². The van der Waals surface area contributed by atoms with Gasteiger partial charge in [0.1, 0.15) is 0 Å². The highest BCUT2D eigenvalue weighted by Gasteiger charge is 2.13. The molecule has 17 heavy (non-hydrogen) atoms. The molecule has 2 aromatic rings. The van der Waals surface area contributed by atoms with E-state index >= 15 is 0 Å². The van der Waals surface area contributed by atoms with Gasteiger partial charge in [0.05, 0.1) is 18.0 Å². The molecule has 0 saturated heterocycles. The van der Waals surface area contributed by atoms with Crippen LogP contribution >= 0.6 is 0 Å². The second-order valence-corrected chi connectivity index (χ2v) is 4.06. The molecule has 1 heterocycles. The van der Waals surface area contributed by atoms with Crippen LogP contribution in [0.2, 0.25) is 0 Å². The van der Waals surface area contributed by atoms with Gasteiger partial charge in [0.15, 0.2) is 0 Å². The number of fused-ring (bicyclic) bond motifs is 1. The normalized spacial score (nSPS) is 10.6. The second kappa shape index (κ2) is 4.08. The van der Waals surface area contributed by atoms with Crippen molar-refractivity contribution >= 4 is 16.8 Å². The molecule has 90 valence electrons. The number of carbonyl (C=O) groups excluding carboxylic acids is 1. The summed E-state index contributed by atoms with van der Waals surface area (Å²) in [7, 11) is 6.87. The van der Waals surface area contributed by atoms with Crippen LogP contribution in [0.4, 0.5) is 0 Å². The molecule has 0 aliphatic rings. The Morgan fingerprint density at radius 3 is 2.71 bits per heavy atom. The van der Waals surface area contributed by atoms with Gasteiger partial charge in [-0.1, -0.05) is 0 Å². The van der Waals surface area contributed by atoms with Crippen LogP contribution < -0.4 is 4.74 Å². The Morgan fingerprint density at radius 1 is 1.41 bits per heavy atom. The van der Waals surface area contributed by atoms with Crippen LogP contribution in [0.25, 0.3) is 10.9 Å². The lowest BCUT2D eigenvalue weighted by Gasteiger charge is -2.09. The van der Waals surface area contributed by atoms with E-state index in [0.717, 1.165) is 10.9 Å². The summed E-state index contributed by atoms with van der Waals surface area (Å²) in [5, 5.41) is 5.21. The van der Waals surface area contributed by atoms with Crippen LogP contribution in [-0.2, 0) is 7.05 Å². The predicted octanol–water partition coefficient (Wildman–Crippen LogP) is 1.28. The van der Waals surface area contributed by atoms with E-state index in [1.165, 1.54) is 0 Å². The molecule has 0 bridgehead atoms. The third kappa shape index (κ3) is 1.84. The zero-order valence-corrected chi connectivity index (χ0v) is 10.4. The smallest absolute Gasteiger partial charge is 0.253 e. The van der Waals surface area contributed by atoms with Crippen LogP contribution in [-0.4, -0.2) is 41.8 Å². The van der Waals surface area contributed by atoms with Gasteiger partial charge in [-0.3, -0.25) is 4.79 Å². The predicted molar refractivity (Wildman–Crippen MR) is 65.3 cm³/mol. The molecule has 0 saturated carbocycles. The van der Waals surface area contributed by atoms with Crippen LogP contribution in [0.5, 0.6) is 5.88 Å². The number of hydrogen-bond donors (Lipinski definition) is 0. The van der Waals surface area contributed by atoms with Crippen molar-refractivity contribution in [1.82, 2.24) is 14.7 Å². The Kier molecular flexibility index (Phi) is 2.75. The molecule has 2 rings (SSSR count). The third-order valence-electron chi connectivity index (χ3n) is 2.63. The fraction of sp³-hybridized carbons (Fsp3) is 0.333. The molecule has 5 heteroatoms. The van der Waals surface area contributed by atoms with Gasteiger partial charge in [0.25, 0.3) is 5.91 Å². The SMILES string of the molecule is COc1c2ccc(C(=O)N(C)C)cc2nn1C. The monoisotopic (exact) mass is 233 g/mol.